The summed E-state index contributed by atoms with van der Waals surface area (Å²) in [6.45, 7) is 2.59. The van der Waals surface area contributed by atoms with Crippen molar-refractivity contribution in [3.8, 4) is 6.07 Å². The first-order valence-corrected chi connectivity index (χ1v) is 2.13. The predicted octanol–water partition coefficient (Wildman–Crippen LogP) is -0.714. The minimum Gasteiger partial charge on any atom is -0.548 e. The third-order valence-corrected chi connectivity index (χ3v) is 0.790. The summed E-state index contributed by atoms with van der Waals surface area (Å²) in [5.74, 6) is -1.33. The van der Waals surface area contributed by atoms with E-state index in [1.54, 1.807) is 6.07 Å². The molecule has 0 amide bonds. The molecular weight excluding hydrogens is 106 g/mol. The number of hydrogen-bond acceptors (Lipinski definition) is 3. The summed E-state index contributed by atoms with van der Waals surface area (Å²) in [4.78, 5) is 9.92. The summed E-state index contributed by atoms with van der Waals surface area (Å²) in [7, 11) is 0. The van der Waals surface area contributed by atoms with E-state index in [1.807, 2.05) is 0 Å². The third-order valence-electron chi connectivity index (χ3n) is 0.790. The molecule has 0 N–H and O–H groups in total. The molecule has 0 radical (unpaired) electrons. The lowest BCUT2D eigenvalue weighted by molar-refractivity contribution is -0.314. The van der Waals surface area contributed by atoms with E-state index in [4.69, 9.17) is 5.26 Å². The zero-order valence-electron chi connectivity index (χ0n) is 4.76. The number of nitrogens with zero attached hydrogens (tertiary/aromatic N) is 1. The van der Waals surface area contributed by atoms with Gasteiger partial charge in [0, 0.05) is 0 Å². The largest absolute Gasteiger partial charge is 0.548 e. The van der Waals surface area contributed by atoms with Crippen molar-refractivity contribution < 1.29 is 9.90 Å². The molecule has 0 aromatic rings. The van der Waals surface area contributed by atoms with Gasteiger partial charge in [0.2, 0.25) is 0 Å². The molecule has 0 saturated carbocycles. The van der Waals surface area contributed by atoms with Crippen molar-refractivity contribution in [1.29, 1.82) is 5.26 Å². The molecule has 0 rings (SSSR count). The average Bonchev–Trinajstić information content (AvgIpc) is 1.67. The second-order valence-electron chi connectivity index (χ2n) is 2.02. The normalized spacial score (nSPS) is 10.1. The van der Waals surface area contributed by atoms with Crippen molar-refractivity contribution in [2.24, 2.45) is 5.41 Å². The monoisotopic (exact) mass is 112 g/mol. The highest BCUT2D eigenvalue weighted by molar-refractivity contribution is 5.74. The zero-order valence-corrected chi connectivity index (χ0v) is 4.76. The van der Waals surface area contributed by atoms with E-state index in [0.29, 0.717) is 0 Å². The molecule has 0 spiro atoms. The van der Waals surface area contributed by atoms with Crippen LogP contribution in [0.15, 0.2) is 0 Å². The molecule has 0 aliphatic heterocycles. The molecule has 0 aromatic carbocycles. The van der Waals surface area contributed by atoms with Gasteiger partial charge in [-0.3, -0.25) is 0 Å². The second-order valence-corrected chi connectivity index (χ2v) is 2.02. The van der Waals surface area contributed by atoms with Crippen LogP contribution in [0.1, 0.15) is 13.8 Å². The second kappa shape index (κ2) is 1.83. The minimum absolute atomic E-state index is 1.29. The fourth-order valence-corrected chi connectivity index (χ4v) is 0.0456. The lowest BCUT2D eigenvalue weighted by Gasteiger charge is -2.14. The van der Waals surface area contributed by atoms with Gasteiger partial charge in [-0.1, -0.05) is 0 Å². The van der Waals surface area contributed by atoms with Crippen LogP contribution in [0.3, 0.4) is 0 Å². The number of carboxylic acid groups (broad SMARTS) is 1. The lowest BCUT2D eigenvalue weighted by Crippen LogP contribution is -2.36. The maximum atomic E-state index is 9.92. The summed E-state index contributed by atoms with van der Waals surface area (Å²) in [5, 5.41) is 18.0. The number of hydrogen-bond donors (Lipinski definition) is 0. The molecule has 0 fully saturated rings. The average molecular weight is 112 g/mol. The Hall–Kier alpha value is -1.04. The number of carbonyl (C=O) groups is 1. The van der Waals surface area contributed by atoms with Crippen molar-refractivity contribution in [2.45, 2.75) is 13.8 Å². The van der Waals surface area contributed by atoms with Crippen LogP contribution in [0.4, 0.5) is 0 Å². The van der Waals surface area contributed by atoms with E-state index in [-0.39, 0.29) is 0 Å². The highest BCUT2D eigenvalue weighted by Gasteiger charge is 2.16. The number of nitriles is 1. The van der Waals surface area contributed by atoms with Gasteiger partial charge in [0.1, 0.15) is 0 Å². The zero-order chi connectivity index (χ0) is 6.78. The summed E-state index contributed by atoms with van der Waals surface area (Å²) in [6, 6.07) is 1.58. The molecule has 0 bridgehead atoms. The van der Waals surface area contributed by atoms with Crippen molar-refractivity contribution in [3.63, 3.8) is 0 Å². The van der Waals surface area contributed by atoms with Crippen LogP contribution in [0, 0.1) is 16.7 Å². The Morgan fingerprint density at radius 2 is 2.12 bits per heavy atom. The van der Waals surface area contributed by atoms with Gasteiger partial charge >= 0.3 is 0 Å². The maximum Gasteiger partial charge on any atom is 0.0910 e. The molecule has 0 unspecified atom stereocenters. The maximum absolute atomic E-state index is 9.92. The van der Waals surface area contributed by atoms with Crippen LogP contribution in [0.2, 0.25) is 0 Å². The SMILES string of the molecule is CC(C)(C#N)C(=O)[O-]. The molecule has 0 saturated heterocycles. The van der Waals surface area contributed by atoms with Gasteiger partial charge in [0.15, 0.2) is 0 Å². The van der Waals surface area contributed by atoms with E-state index in [2.05, 4.69) is 0 Å². The standard InChI is InChI=1S/C5H7NO2/c1-5(2,3-6)4(7)8/h1-2H3,(H,7,8)/p-1. The van der Waals surface area contributed by atoms with Crippen LogP contribution >= 0.6 is 0 Å². The van der Waals surface area contributed by atoms with Gasteiger partial charge in [-0.2, -0.15) is 5.26 Å². The molecule has 0 aliphatic rings. The summed E-state index contributed by atoms with van der Waals surface area (Å²) < 4.78 is 0. The van der Waals surface area contributed by atoms with E-state index in [0.717, 1.165) is 0 Å². The van der Waals surface area contributed by atoms with Gasteiger partial charge in [0.25, 0.3) is 0 Å². The van der Waals surface area contributed by atoms with Gasteiger partial charge < -0.3 is 9.90 Å². The smallest absolute Gasteiger partial charge is 0.0910 e. The van der Waals surface area contributed by atoms with E-state index in [9.17, 15) is 9.90 Å². The van der Waals surface area contributed by atoms with Crippen LogP contribution in [-0.2, 0) is 4.79 Å². The summed E-state index contributed by atoms with van der Waals surface area (Å²) in [5.41, 5.74) is -1.35. The highest BCUT2D eigenvalue weighted by Crippen LogP contribution is 2.09. The topological polar surface area (TPSA) is 63.9 Å². The van der Waals surface area contributed by atoms with Crippen molar-refractivity contribution in [2.75, 3.05) is 0 Å². The Labute approximate surface area is 47.5 Å². The minimum atomic E-state index is -1.35. The first-order chi connectivity index (χ1) is 3.50. The van der Waals surface area contributed by atoms with Crippen LogP contribution in [0.25, 0.3) is 0 Å². The van der Waals surface area contributed by atoms with Crippen LogP contribution in [-0.4, -0.2) is 5.97 Å². The Bertz CT molecular complexity index is 143. The third kappa shape index (κ3) is 1.23. The van der Waals surface area contributed by atoms with E-state index in [1.165, 1.54) is 13.8 Å². The van der Waals surface area contributed by atoms with Crippen molar-refractivity contribution in [3.05, 3.63) is 0 Å². The molecule has 3 heteroatoms. The van der Waals surface area contributed by atoms with Crippen LogP contribution < -0.4 is 5.11 Å². The van der Waals surface area contributed by atoms with Gasteiger partial charge in [-0.05, 0) is 13.8 Å². The lowest BCUT2D eigenvalue weighted by atomic mass is 9.97. The van der Waals surface area contributed by atoms with Crippen LogP contribution in [0.5, 0.6) is 0 Å². The van der Waals surface area contributed by atoms with Gasteiger partial charge in [-0.25, -0.2) is 0 Å². The molecular formula is C5H6NO2-. The van der Waals surface area contributed by atoms with Gasteiger partial charge in [-0.15, -0.1) is 0 Å². The molecule has 0 aromatic heterocycles. The number of rotatable bonds is 1. The molecule has 3 nitrogen and oxygen atoms in total. The van der Waals surface area contributed by atoms with E-state index >= 15 is 0 Å². The highest BCUT2D eigenvalue weighted by atomic mass is 16.4. The Balaban J connectivity index is 4.19. The Morgan fingerprint density at radius 3 is 2.12 bits per heavy atom. The molecule has 0 atom stereocenters. The summed E-state index contributed by atoms with van der Waals surface area (Å²) in [6.07, 6.45) is 0. The van der Waals surface area contributed by atoms with Gasteiger partial charge in [0.05, 0.1) is 17.5 Å². The molecule has 8 heavy (non-hydrogen) atoms. The number of aliphatic carboxylic acids is 1. The fourth-order valence-electron chi connectivity index (χ4n) is 0.0456. The summed E-state index contributed by atoms with van der Waals surface area (Å²) >= 11 is 0. The fraction of sp³-hybridized carbons (Fsp3) is 0.600. The van der Waals surface area contributed by atoms with Crippen molar-refractivity contribution in [1.82, 2.24) is 0 Å². The van der Waals surface area contributed by atoms with E-state index < -0.39 is 11.4 Å². The Morgan fingerprint density at radius 1 is 1.75 bits per heavy atom. The quantitative estimate of drug-likeness (QED) is 0.450. The predicted molar refractivity (Wildman–Crippen MR) is 24.4 cm³/mol. The molecule has 0 aliphatic carbocycles. The number of carboxylic acids is 1. The van der Waals surface area contributed by atoms with Crippen molar-refractivity contribution >= 4 is 5.97 Å². The number of carbonyl (C=O) groups excluding carboxylic acids is 1. The molecule has 0 heterocycles. The molecule has 44 valence electrons. The Kier molecular flexibility index (Phi) is 1.59. The first kappa shape index (κ1) is 6.96. The first-order valence-electron chi connectivity index (χ1n) is 2.13.